The number of likely N-dealkylation sites (tertiary alicyclic amines) is 2. The lowest BCUT2D eigenvalue weighted by Gasteiger charge is -2.33. The van der Waals surface area contributed by atoms with Gasteiger partial charge in [-0.3, -0.25) is 24.2 Å². The maximum atomic E-state index is 14.9. The molecule has 3 N–H and O–H groups in total. The van der Waals surface area contributed by atoms with Gasteiger partial charge in [-0.05, 0) is 99.9 Å². The first-order valence-corrected chi connectivity index (χ1v) is 20.4. The van der Waals surface area contributed by atoms with Crippen LogP contribution in [0.25, 0.3) is 0 Å². The van der Waals surface area contributed by atoms with E-state index in [0.29, 0.717) is 37.4 Å². The van der Waals surface area contributed by atoms with E-state index in [0.717, 1.165) is 61.4 Å². The van der Waals surface area contributed by atoms with Crippen molar-refractivity contribution >= 4 is 40.9 Å². The number of carbonyl (C=O) groups is 5. The molecule has 4 aromatic rings. The van der Waals surface area contributed by atoms with Crippen LogP contribution in [0, 0.1) is 25.5 Å². The number of nitrogens with zero attached hydrogens (tertiary/aromatic N) is 4. The molecule has 0 saturated carbocycles. The molecule has 0 bridgehead atoms. The van der Waals surface area contributed by atoms with Gasteiger partial charge in [-0.2, -0.15) is 8.78 Å². The Kier molecular flexibility index (Phi) is 16.6. The van der Waals surface area contributed by atoms with Crippen molar-refractivity contribution in [3.63, 3.8) is 0 Å². The largest absolute Gasteiger partial charge is 0.344 e. The molecule has 2 heterocycles. The maximum absolute atomic E-state index is 14.9. The minimum atomic E-state index is -3.23. The lowest BCUT2D eigenvalue weighted by atomic mass is 10.1. The number of ketones is 2. The molecule has 324 valence electrons. The number of aryl methyl sites for hydroxylation is 2. The molecule has 2 aliphatic heterocycles. The van der Waals surface area contributed by atoms with Gasteiger partial charge in [-0.25, -0.2) is 18.4 Å². The van der Waals surface area contributed by atoms with E-state index in [1.807, 2.05) is 61.2 Å². The number of urea groups is 2. The summed E-state index contributed by atoms with van der Waals surface area (Å²) in [5.74, 6) is -3.79. The van der Waals surface area contributed by atoms with E-state index in [4.69, 9.17) is 5.73 Å². The van der Waals surface area contributed by atoms with E-state index in [9.17, 15) is 41.5 Å². The van der Waals surface area contributed by atoms with Crippen molar-refractivity contribution in [2.75, 3.05) is 49.1 Å². The molecule has 15 heteroatoms. The van der Waals surface area contributed by atoms with Gasteiger partial charge in [0.25, 0.3) is 5.91 Å². The topological polar surface area (TPSA) is 136 Å². The number of piperidine rings is 2. The Morgan fingerprint density at radius 2 is 1.05 bits per heavy atom. The van der Waals surface area contributed by atoms with Gasteiger partial charge in [-0.1, -0.05) is 48.5 Å². The van der Waals surface area contributed by atoms with Crippen LogP contribution in [0.1, 0.15) is 81.5 Å². The first kappa shape index (κ1) is 46.0. The number of amides is 5. The number of hydrogen-bond acceptors (Lipinski definition) is 6. The number of halogens is 4. The minimum Gasteiger partial charge on any atom is -0.344 e. The van der Waals surface area contributed by atoms with Crippen LogP contribution >= 0.6 is 0 Å². The van der Waals surface area contributed by atoms with Gasteiger partial charge in [-0.15, -0.1) is 0 Å². The monoisotopic (exact) mass is 844 g/mol. The lowest BCUT2D eigenvalue weighted by molar-refractivity contribution is -0.131. The molecule has 5 amide bonds. The molecule has 0 spiro atoms. The second-order valence-corrected chi connectivity index (χ2v) is 15.2. The molecule has 2 saturated heterocycles. The van der Waals surface area contributed by atoms with Gasteiger partial charge >= 0.3 is 18.5 Å². The fourth-order valence-corrected chi connectivity index (χ4v) is 7.15. The molecule has 61 heavy (non-hydrogen) atoms. The third-order valence-corrected chi connectivity index (χ3v) is 10.6. The molecule has 11 nitrogen and oxygen atoms in total. The number of nitrogens with two attached hydrogens (primary N) is 1. The average molecular weight is 845 g/mol. The van der Waals surface area contributed by atoms with Crippen molar-refractivity contribution in [3.8, 4) is 0 Å². The summed E-state index contributed by atoms with van der Waals surface area (Å²) < 4.78 is 54.1. The van der Waals surface area contributed by atoms with Crippen molar-refractivity contribution in [3.05, 3.63) is 130 Å². The highest BCUT2D eigenvalue weighted by Crippen LogP contribution is 2.26. The van der Waals surface area contributed by atoms with E-state index in [1.165, 1.54) is 23.1 Å². The first-order valence-electron chi connectivity index (χ1n) is 20.4. The number of carbonyl (C=O) groups excluding carboxylic acids is 5. The number of benzene rings is 4. The fraction of sp³-hybridized carbons (Fsp3) is 0.370. The highest BCUT2D eigenvalue weighted by molar-refractivity contribution is 6.00. The summed E-state index contributed by atoms with van der Waals surface area (Å²) in [6.07, 6.45) is 2.76. The lowest BCUT2D eigenvalue weighted by Crippen LogP contribution is -2.45. The van der Waals surface area contributed by atoms with Crippen LogP contribution in [0.4, 0.5) is 38.5 Å². The van der Waals surface area contributed by atoms with Crippen LogP contribution in [0.5, 0.6) is 0 Å². The Hall–Kier alpha value is -6.09. The van der Waals surface area contributed by atoms with Crippen molar-refractivity contribution < 1.29 is 41.5 Å². The predicted octanol–water partition coefficient (Wildman–Crippen LogP) is 8.20. The van der Waals surface area contributed by atoms with E-state index in [-0.39, 0.29) is 54.2 Å². The SMILES string of the molecule is Cc1cccc(N(Cc2ccc(C(=O)CN)cc2F)C(=O)N2CCCCC2)c1.Cc1cccc(N(Cc2ccc(C(=O)CNC(=O)C(F)F)cc2F)C(=O)N2CCCCC2)c1. The van der Waals surface area contributed by atoms with Gasteiger partial charge in [0.15, 0.2) is 11.6 Å². The highest BCUT2D eigenvalue weighted by Gasteiger charge is 2.27. The van der Waals surface area contributed by atoms with E-state index >= 15 is 0 Å². The molecule has 0 aromatic heterocycles. The number of Topliss-reactive ketones (excluding diaryl/α,β-unsaturated/α-hetero) is 2. The quantitative estimate of drug-likeness (QED) is 0.109. The Morgan fingerprint density at radius 3 is 1.43 bits per heavy atom. The molecular formula is C46H52F4N6O5. The normalized spacial score (nSPS) is 13.8. The molecular weight excluding hydrogens is 793 g/mol. The van der Waals surface area contributed by atoms with Crippen molar-refractivity contribution in [1.82, 2.24) is 15.1 Å². The predicted molar refractivity (Wildman–Crippen MR) is 226 cm³/mol. The van der Waals surface area contributed by atoms with Crippen LogP contribution < -0.4 is 20.9 Å². The van der Waals surface area contributed by atoms with E-state index in [1.54, 1.807) is 33.3 Å². The Bertz CT molecular complexity index is 2190. The fourth-order valence-electron chi connectivity index (χ4n) is 7.15. The molecule has 4 aromatic carbocycles. The smallest absolute Gasteiger partial charge is 0.324 e. The molecule has 0 radical (unpaired) electrons. The maximum Gasteiger partial charge on any atom is 0.324 e. The third-order valence-electron chi connectivity index (χ3n) is 10.6. The van der Waals surface area contributed by atoms with Crippen molar-refractivity contribution in [2.45, 2.75) is 71.9 Å². The molecule has 0 aliphatic carbocycles. The molecule has 2 fully saturated rings. The summed E-state index contributed by atoms with van der Waals surface area (Å²) in [6.45, 7) is 5.81. The average Bonchev–Trinajstić information content (AvgIpc) is 3.27. The summed E-state index contributed by atoms with van der Waals surface area (Å²) in [5, 5.41) is 1.81. The van der Waals surface area contributed by atoms with Gasteiger partial charge in [0.05, 0.1) is 26.2 Å². The number of anilines is 2. The zero-order valence-corrected chi connectivity index (χ0v) is 34.5. The Balaban J connectivity index is 0.000000234. The van der Waals surface area contributed by atoms with Crippen LogP contribution in [0.3, 0.4) is 0 Å². The zero-order valence-electron chi connectivity index (χ0n) is 34.5. The van der Waals surface area contributed by atoms with Crippen LogP contribution in [-0.2, 0) is 17.9 Å². The summed E-state index contributed by atoms with van der Waals surface area (Å²) in [7, 11) is 0. The highest BCUT2D eigenvalue weighted by atomic mass is 19.3. The molecule has 0 atom stereocenters. The van der Waals surface area contributed by atoms with Gasteiger partial charge in [0.2, 0.25) is 0 Å². The molecule has 6 rings (SSSR count). The molecule has 0 unspecified atom stereocenters. The summed E-state index contributed by atoms with van der Waals surface area (Å²) in [5.41, 5.74) is 9.46. The van der Waals surface area contributed by atoms with Crippen LogP contribution in [-0.4, -0.2) is 85.0 Å². The Labute approximate surface area is 353 Å². The summed E-state index contributed by atoms with van der Waals surface area (Å²) >= 11 is 0. The van der Waals surface area contributed by atoms with Crippen molar-refractivity contribution in [1.29, 1.82) is 0 Å². The summed E-state index contributed by atoms with van der Waals surface area (Å²) in [4.78, 5) is 68.0. The number of hydrogen-bond donors (Lipinski definition) is 2. The third kappa shape index (κ3) is 12.7. The standard InChI is InChI=1S/C24H26F3N3O3.C22H26FN3O2/c1-16-6-5-7-19(12-16)30(24(33)29-10-3-2-4-11-29)15-18-9-8-17(13-20(18)25)21(31)14-28-23(32)22(26)27;1-16-6-5-7-19(12-16)26(22(28)25-10-3-2-4-11-25)15-18-9-8-17(13-20(18)23)21(27)14-24/h5-9,12-13,22H,2-4,10-11,14-15H2,1H3,(H,28,32);5-9,12-13H,2-4,10-11,14-15,24H2,1H3. The van der Waals surface area contributed by atoms with Crippen molar-refractivity contribution in [2.24, 2.45) is 5.73 Å². The van der Waals surface area contributed by atoms with E-state index in [2.05, 4.69) is 0 Å². The second-order valence-electron chi connectivity index (χ2n) is 15.2. The molecule has 2 aliphatic rings. The second kappa shape index (κ2) is 22.0. The van der Waals surface area contributed by atoms with Gasteiger partial charge in [0, 0.05) is 59.8 Å². The zero-order chi connectivity index (χ0) is 44.1. The first-order chi connectivity index (χ1) is 29.2. The van der Waals surface area contributed by atoms with Crippen LogP contribution in [0.2, 0.25) is 0 Å². The number of alkyl halides is 2. The van der Waals surface area contributed by atoms with E-state index < -0.39 is 36.3 Å². The minimum absolute atomic E-state index is 0.0405. The number of nitrogens with one attached hydrogen (secondary N) is 1. The number of rotatable bonds is 12. The summed E-state index contributed by atoms with van der Waals surface area (Å²) in [6, 6.07) is 22.7. The van der Waals surface area contributed by atoms with Crippen LogP contribution in [0.15, 0.2) is 84.9 Å². The Morgan fingerprint density at radius 1 is 0.623 bits per heavy atom. The van der Waals surface area contributed by atoms with Gasteiger partial charge < -0.3 is 20.9 Å². The van der Waals surface area contributed by atoms with Gasteiger partial charge in [0.1, 0.15) is 11.6 Å².